The Balaban J connectivity index is 2.89. The molecule has 0 bridgehead atoms. The van der Waals surface area contributed by atoms with Crippen LogP contribution >= 0.6 is 0 Å². The molecule has 0 aliphatic carbocycles. The van der Waals surface area contributed by atoms with Gasteiger partial charge in [-0.2, -0.15) is 0 Å². The van der Waals surface area contributed by atoms with E-state index in [0.717, 1.165) is 0 Å². The molecule has 0 saturated carbocycles. The number of nitrogens with one attached hydrogen (secondary N) is 2. The van der Waals surface area contributed by atoms with Gasteiger partial charge in [-0.15, -0.1) is 0 Å². The van der Waals surface area contributed by atoms with Gasteiger partial charge in [-0.25, -0.2) is 4.98 Å². The molecule has 1 atom stereocenters. The summed E-state index contributed by atoms with van der Waals surface area (Å²) in [4.78, 5) is 30.6. The lowest BCUT2D eigenvalue weighted by Crippen LogP contribution is -2.33. The Morgan fingerprint density at radius 1 is 1.42 bits per heavy atom. The first-order valence-corrected chi connectivity index (χ1v) is 6.40. The van der Waals surface area contributed by atoms with Gasteiger partial charge in [-0.3, -0.25) is 9.59 Å². The van der Waals surface area contributed by atoms with Crippen LogP contribution in [-0.2, 0) is 0 Å². The van der Waals surface area contributed by atoms with Crippen LogP contribution in [-0.4, -0.2) is 33.6 Å². The van der Waals surface area contributed by atoms with Gasteiger partial charge >= 0.3 is 0 Å². The Labute approximate surface area is 112 Å². The second-order valence-corrected chi connectivity index (χ2v) is 4.96. The van der Waals surface area contributed by atoms with E-state index < -0.39 is 17.6 Å². The van der Waals surface area contributed by atoms with E-state index in [1.54, 1.807) is 13.8 Å². The summed E-state index contributed by atoms with van der Waals surface area (Å²) in [5, 5.41) is 11.7. The smallest absolute Gasteiger partial charge is 0.264 e. The van der Waals surface area contributed by atoms with Crippen molar-refractivity contribution < 1.29 is 9.90 Å². The third-order valence-corrected chi connectivity index (χ3v) is 2.74. The number of H-pyrrole nitrogens is 1. The molecule has 0 radical (unpaired) electrons. The Kier molecular flexibility index (Phi) is 5.23. The van der Waals surface area contributed by atoms with Gasteiger partial charge in [0.1, 0.15) is 11.4 Å². The summed E-state index contributed by atoms with van der Waals surface area (Å²) in [5.41, 5.74) is 0.0303. The molecule has 19 heavy (non-hydrogen) atoms. The van der Waals surface area contributed by atoms with Crippen LogP contribution in [0.4, 0.5) is 0 Å². The van der Waals surface area contributed by atoms with Crippen molar-refractivity contribution in [2.45, 2.75) is 46.1 Å². The van der Waals surface area contributed by atoms with Crippen molar-refractivity contribution in [2.75, 3.05) is 6.54 Å². The number of carbonyl (C=O) groups is 1. The van der Waals surface area contributed by atoms with Crippen molar-refractivity contribution in [1.29, 1.82) is 0 Å². The first-order valence-electron chi connectivity index (χ1n) is 6.40. The molecule has 1 aromatic heterocycles. The Hall–Kier alpha value is -1.69. The predicted octanol–water partition coefficient (Wildman–Crippen LogP) is 0.702. The summed E-state index contributed by atoms with van der Waals surface area (Å²) in [5.74, 6) is 0.212. The Morgan fingerprint density at radius 3 is 2.53 bits per heavy atom. The SMILES string of the molecule is Cc1nc(C(C)C)[nH]c(=O)c1C(=O)NCCC(C)O. The number of hydrogen-bond acceptors (Lipinski definition) is 4. The van der Waals surface area contributed by atoms with Crippen LogP contribution in [0, 0.1) is 6.92 Å². The van der Waals surface area contributed by atoms with Crippen LogP contribution in [0.25, 0.3) is 0 Å². The Morgan fingerprint density at radius 2 is 2.05 bits per heavy atom. The maximum Gasteiger partial charge on any atom is 0.264 e. The van der Waals surface area contributed by atoms with Gasteiger partial charge in [0.2, 0.25) is 0 Å². The Bertz CT molecular complexity index is 506. The molecule has 1 aromatic rings. The van der Waals surface area contributed by atoms with Gasteiger partial charge in [0.15, 0.2) is 0 Å². The molecule has 1 amide bonds. The maximum atomic E-state index is 11.9. The molecule has 0 saturated heterocycles. The zero-order valence-electron chi connectivity index (χ0n) is 11.8. The van der Waals surface area contributed by atoms with Crippen molar-refractivity contribution in [3.8, 4) is 0 Å². The number of carbonyl (C=O) groups excluding carboxylic acids is 1. The molecule has 0 aromatic carbocycles. The van der Waals surface area contributed by atoms with E-state index in [2.05, 4.69) is 15.3 Å². The fraction of sp³-hybridized carbons (Fsp3) is 0.615. The highest BCUT2D eigenvalue weighted by molar-refractivity contribution is 5.94. The number of aliphatic hydroxyl groups is 1. The molecular weight excluding hydrogens is 246 g/mol. The standard InChI is InChI=1S/C13H21N3O3/c1-7(2)11-15-9(4)10(13(19)16-11)12(18)14-6-5-8(3)17/h7-8,17H,5-6H2,1-4H3,(H,14,18)(H,15,16,19). The fourth-order valence-corrected chi connectivity index (χ4v) is 1.63. The minimum absolute atomic E-state index is 0.0370. The van der Waals surface area contributed by atoms with E-state index in [1.807, 2.05) is 13.8 Å². The normalized spacial score (nSPS) is 12.5. The molecule has 6 nitrogen and oxygen atoms in total. The molecule has 0 aliphatic heterocycles. The van der Waals surface area contributed by atoms with Gasteiger partial charge in [-0.1, -0.05) is 13.8 Å². The van der Waals surface area contributed by atoms with Crippen LogP contribution in [0.1, 0.15) is 55.0 Å². The van der Waals surface area contributed by atoms with E-state index in [4.69, 9.17) is 5.11 Å². The highest BCUT2D eigenvalue weighted by Gasteiger charge is 2.16. The molecular formula is C13H21N3O3. The average Bonchev–Trinajstić information content (AvgIpc) is 2.27. The highest BCUT2D eigenvalue weighted by atomic mass is 16.3. The van der Waals surface area contributed by atoms with Gasteiger partial charge < -0.3 is 15.4 Å². The quantitative estimate of drug-likeness (QED) is 0.732. The largest absolute Gasteiger partial charge is 0.393 e. The number of aromatic amines is 1. The number of nitrogens with zero attached hydrogens (tertiary/aromatic N) is 1. The van der Waals surface area contributed by atoms with Crippen LogP contribution < -0.4 is 10.9 Å². The lowest BCUT2D eigenvalue weighted by molar-refractivity contribution is 0.0943. The molecule has 0 aliphatic rings. The second kappa shape index (κ2) is 6.47. The van der Waals surface area contributed by atoms with Crippen molar-refractivity contribution >= 4 is 5.91 Å². The van der Waals surface area contributed by atoms with Crippen molar-refractivity contribution in [1.82, 2.24) is 15.3 Å². The van der Waals surface area contributed by atoms with Crippen LogP contribution in [0.3, 0.4) is 0 Å². The summed E-state index contributed by atoms with van der Waals surface area (Å²) in [6, 6.07) is 0. The lowest BCUT2D eigenvalue weighted by Gasteiger charge is -2.10. The number of aryl methyl sites for hydroxylation is 1. The van der Waals surface area contributed by atoms with Crippen molar-refractivity contribution in [3.05, 3.63) is 27.4 Å². The van der Waals surface area contributed by atoms with Gasteiger partial charge in [-0.05, 0) is 20.3 Å². The zero-order valence-corrected chi connectivity index (χ0v) is 11.8. The monoisotopic (exact) mass is 267 g/mol. The van der Waals surface area contributed by atoms with Gasteiger partial charge in [0, 0.05) is 12.5 Å². The lowest BCUT2D eigenvalue weighted by atomic mass is 10.1. The van der Waals surface area contributed by atoms with E-state index in [0.29, 0.717) is 24.5 Å². The summed E-state index contributed by atoms with van der Waals surface area (Å²) in [7, 11) is 0. The third kappa shape index (κ3) is 4.17. The first-order chi connectivity index (χ1) is 8.82. The highest BCUT2D eigenvalue weighted by Crippen LogP contribution is 2.08. The van der Waals surface area contributed by atoms with E-state index >= 15 is 0 Å². The third-order valence-electron chi connectivity index (χ3n) is 2.74. The molecule has 6 heteroatoms. The minimum atomic E-state index is -0.485. The number of amides is 1. The summed E-state index contributed by atoms with van der Waals surface area (Å²) < 4.78 is 0. The molecule has 0 fully saturated rings. The van der Waals surface area contributed by atoms with E-state index in [-0.39, 0.29) is 11.5 Å². The van der Waals surface area contributed by atoms with Crippen LogP contribution in [0.2, 0.25) is 0 Å². The topological polar surface area (TPSA) is 95.1 Å². The van der Waals surface area contributed by atoms with Crippen molar-refractivity contribution in [3.63, 3.8) is 0 Å². The first kappa shape index (κ1) is 15.4. The summed E-state index contributed by atoms with van der Waals surface area (Å²) in [6.07, 6.45) is -0.0404. The van der Waals surface area contributed by atoms with Crippen LogP contribution in [0.15, 0.2) is 4.79 Å². The number of aliphatic hydroxyl groups excluding tert-OH is 1. The zero-order chi connectivity index (χ0) is 14.6. The number of rotatable bonds is 5. The molecule has 1 heterocycles. The van der Waals surface area contributed by atoms with Crippen LogP contribution in [0.5, 0.6) is 0 Å². The molecule has 106 valence electrons. The summed E-state index contributed by atoms with van der Waals surface area (Å²) >= 11 is 0. The van der Waals surface area contributed by atoms with Crippen molar-refractivity contribution in [2.24, 2.45) is 0 Å². The molecule has 0 spiro atoms. The number of aromatic nitrogens is 2. The maximum absolute atomic E-state index is 11.9. The fourth-order valence-electron chi connectivity index (χ4n) is 1.63. The summed E-state index contributed by atoms with van der Waals surface area (Å²) in [6.45, 7) is 7.44. The van der Waals surface area contributed by atoms with E-state index in [9.17, 15) is 9.59 Å². The van der Waals surface area contributed by atoms with Gasteiger partial charge in [0.25, 0.3) is 11.5 Å². The molecule has 1 unspecified atom stereocenters. The average molecular weight is 267 g/mol. The molecule has 3 N–H and O–H groups in total. The minimum Gasteiger partial charge on any atom is -0.393 e. The predicted molar refractivity (Wildman–Crippen MR) is 72.3 cm³/mol. The number of hydrogen-bond donors (Lipinski definition) is 3. The molecule has 1 rings (SSSR count). The second-order valence-electron chi connectivity index (χ2n) is 4.96. The van der Waals surface area contributed by atoms with Gasteiger partial charge in [0.05, 0.1) is 11.8 Å². The van der Waals surface area contributed by atoms with E-state index in [1.165, 1.54) is 0 Å².